The predicted octanol–water partition coefficient (Wildman–Crippen LogP) is 2.54. The van der Waals surface area contributed by atoms with E-state index in [1.54, 1.807) is 0 Å². The van der Waals surface area contributed by atoms with Gasteiger partial charge in [0.2, 0.25) is 5.91 Å². The zero-order chi connectivity index (χ0) is 16.4. The standard InChI is InChI=1S/C19H22N4O/c24-19(14-7-10-20-11-8-14)22-17-5-3-4-15-12-23(13-16(15)17)18-6-1-2-9-21-18/h1-6,9,14,20H,7-8,10-13H2,(H,22,24). The minimum atomic E-state index is 0.121. The maximum atomic E-state index is 12.6. The van der Waals surface area contributed by atoms with Crippen molar-refractivity contribution in [3.8, 4) is 0 Å². The molecule has 0 radical (unpaired) electrons. The number of hydrogen-bond acceptors (Lipinski definition) is 4. The molecule has 1 saturated heterocycles. The van der Waals surface area contributed by atoms with Crippen molar-refractivity contribution in [3.05, 3.63) is 53.7 Å². The smallest absolute Gasteiger partial charge is 0.227 e. The Morgan fingerprint density at radius 3 is 2.79 bits per heavy atom. The Labute approximate surface area is 142 Å². The Morgan fingerprint density at radius 2 is 2.00 bits per heavy atom. The number of hydrogen-bond donors (Lipinski definition) is 2. The topological polar surface area (TPSA) is 57.3 Å². The molecule has 0 aliphatic carbocycles. The molecule has 5 nitrogen and oxygen atoms in total. The van der Waals surface area contributed by atoms with Crippen molar-refractivity contribution in [1.29, 1.82) is 0 Å². The molecular weight excluding hydrogens is 300 g/mol. The molecule has 2 aliphatic heterocycles. The van der Waals surface area contributed by atoms with Crippen LogP contribution in [0.1, 0.15) is 24.0 Å². The Morgan fingerprint density at radius 1 is 1.12 bits per heavy atom. The number of pyridine rings is 1. The summed E-state index contributed by atoms with van der Waals surface area (Å²) in [5, 5.41) is 6.48. The summed E-state index contributed by atoms with van der Waals surface area (Å²) in [6, 6.07) is 12.1. The van der Waals surface area contributed by atoms with Crippen LogP contribution in [0.3, 0.4) is 0 Å². The molecule has 124 valence electrons. The first-order valence-corrected chi connectivity index (χ1v) is 8.59. The van der Waals surface area contributed by atoms with E-state index in [0.717, 1.165) is 50.5 Å². The van der Waals surface area contributed by atoms with E-state index in [9.17, 15) is 4.79 Å². The lowest BCUT2D eigenvalue weighted by molar-refractivity contribution is -0.120. The number of nitrogens with zero attached hydrogens (tertiary/aromatic N) is 2. The first-order chi connectivity index (χ1) is 11.8. The number of piperidine rings is 1. The summed E-state index contributed by atoms with van der Waals surface area (Å²) in [4.78, 5) is 19.2. The fourth-order valence-electron chi connectivity index (χ4n) is 3.56. The summed E-state index contributed by atoms with van der Waals surface area (Å²) in [6.07, 6.45) is 3.65. The summed E-state index contributed by atoms with van der Waals surface area (Å²) in [5.74, 6) is 1.25. The number of carbonyl (C=O) groups excluding carboxylic acids is 1. The van der Waals surface area contributed by atoms with E-state index in [1.807, 2.05) is 36.5 Å². The summed E-state index contributed by atoms with van der Waals surface area (Å²) in [7, 11) is 0. The molecule has 1 aromatic heterocycles. The molecule has 1 amide bonds. The lowest BCUT2D eigenvalue weighted by Gasteiger charge is -2.22. The van der Waals surface area contributed by atoms with E-state index >= 15 is 0 Å². The number of carbonyl (C=O) groups is 1. The predicted molar refractivity (Wildman–Crippen MR) is 94.8 cm³/mol. The molecule has 2 aliphatic rings. The highest BCUT2D eigenvalue weighted by molar-refractivity contribution is 5.93. The Kier molecular flexibility index (Phi) is 4.17. The Bertz CT molecular complexity index is 725. The van der Waals surface area contributed by atoms with Crippen molar-refractivity contribution in [2.75, 3.05) is 23.3 Å². The number of amides is 1. The molecular formula is C19H22N4O. The molecule has 4 rings (SSSR count). The lowest BCUT2D eigenvalue weighted by atomic mass is 9.97. The third kappa shape index (κ3) is 2.99. The molecule has 0 bridgehead atoms. The van der Waals surface area contributed by atoms with E-state index in [2.05, 4.69) is 26.6 Å². The number of anilines is 2. The van der Waals surface area contributed by atoms with Crippen LogP contribution in [0.4, 0.5) is 11.5 Å². The van der Waals surface area contributed by atoms with Gasteiger partial charge in [-0.1, -0.05) is 18.2 Å². The van der Waals surface area contributed by atoms with Crippen molar-refractivity contribution in [2.24, 2.45) is 5.92 Å². The largest absolute Gasteiger partial charge is 0.348 e. The van der Waals surface area contributed by atoms with Gasteiger partial charge in [0.25, 0.3) is 0 Å². The first-order valence-electron chi connectivity index (χ1n) is 8.59. The fourth-order valence-corrected chi connectivity index (χ4v) is 3.56. The van der Waals surface area contributed by atoms with Crippen LogP contribution >= 0.6 is 0 Å². The van der Waals surface area contributed by atoms with Crippen LogP contribution in [0, 0.1) is 5.92 Å². The van der Waals surface area contributed by atoms with E-state index < -0.39 is 0 Å². The number of rotatable bonds is 3. The molecule has 5 heteroatoms. The van der Waals surface area contributed by atoms with E-state index in [1.165, 1.54) is 11.1 Å². The maximum absolute atomic E-state index is 12.6. The number of aromatic nitrogens is 1. The van der Waals surface area contributed by atoms with Gasteiger partial charge in [0.1, 0.15) is 5.82 Å². The molecule has 2 N–H and O–H groups in total. The second kappa shape index (κ2) is 6.61. The lowest BCUT2D eigenvalue weighted by Crippen LogP contribution is -2.34. The molecule has 0 saturated carbocycles. The Balaban J connectivity index is 1.51. The molecule has 2 aromatic rings. The zero-order valence-corrected chi connectivity index (χ0v) is 13.7. The van der Waals surface area contributed by atoms with Crippen molar-refractivity contribution in [1.82, 2.24) is 10.3 Å². The number of fused-ring (bicyclic) bond motifs is 1. The minimum Gasteiger partial charge on any atom is -0.348 e. The number of benzene rings is 1. The highest BCUT2D eigenvalue weighted by Gasteiger charge is 2.25. The highest BCUT2D eigenvalue weighted by atomic mass is 16.1. The average molecular weight is 322 g/mol. The summed E-state index contributed by atoms with van der Waals surface area (Å²) >= 11 is 0. The van der Waals surface area contributed by atoms with Gasteiger partial charge in [-0.25, -0.2) is 4.98 Å². The van der Waals surface area contributed by atoms with E-state index in [0.29, 0.717) is 0 Å². The van der Waals surface area contributed by atoms with E-state index in [4.69, 9.17) is 0 Å². The summed E-state index contributed by atoms with van der Waals surface area (Å²) in [5.41, 5.74) is 3.43. The van der Waals surface area contributed by atoms with Gasteiger partial charge in [0.15, 0.2) is 0 Å². The van der Waals surface area contributed by atoms with Crippen LogP contribution < -0.4 is 15.5 Å². The molecule has 0 unspecified atom stereocenters. The monoisotopic (exact) mass is 322 g/mol. The first kappa shape index (κ1) is 15.1. The third-order valence-corrected chi connectivity index (χ3v) is 4.92. The molecule has 24 heavy (non-hydrogen) atoms. The van der Waals surface area contributed by atoms with Gasteiger partial charge in [-0.3, -0.25) is 4.79 Å². The van der Waals surface area contributed by atoms with Crippen molar-refractivity contribution in [3.63, 3.8) is 0 Å². The fraction of sp³-hybridized carbons (Fsp3) is 0.368. The van der Waals surface area contributed by atoms with Crippen LogP contribution in [0.5, 0.6) is 0 Å². The van der Waals surface area contributed by atoms with Gasteiger partial charge >= 0.3 is 0 Å². The molecule has 0 spiro atoms. The number of nitrogens with one attached hydrogen (secondary N) is 2. The van der Waals surface area contributed by atoms with Gasteiger partial charge < -0.3 is 15.5 Å². The average Bonchev–Trinajstić information content (AvgIpc) is 3.08. The maximum Gasteiger partial charge on any atom is 0.227 e. The van der Waals surface area contributed by atoms with Crippen LogP contribution in [-0.2, 0) is 17.9 Å². The third-order valence-electron chi connectivity index (χ3n) is 4.92. The van der Waals surface area contributed by atoms with Crippen molar-refractivity contribution >= 4 is 17.4 Å². The van der Waals surface area contributed by atoms with Crippen LogP contribution in [0.2, 0.25) is 0 Å². The van der Waals surface area contributed by atoms with Gasteiger partial charge in [-0.15, -0.1) is 0 Å². The zero-order valence-electron chi connectivity index (χ0n) is 13.7. The Hall–Kier alpha value is -2.40. The van der Waals surface area contributed by atoms with Crippen LogP contribution in [0.15, 0.2) is 42.6 Å². The second-order valence-corrected chi connectivity index (χ2v) is 6.50. The van der Waals surface area contributed by atoms with Crippen molar-refractivity contribution in [2.45, 2.75) is 25.9 Å². The van der Waals surface area contributed by atoms with Crippen molar-refractivity contribution < 1.29 is 4.79 Å². The molecule has 0 atom stereocenters. The molecule has 1 aromatic carbocycles. The molecule has 3 heterocycles. The van der Waals surface area contributed by atoms with Crippen LogP contribution in [0.25, 0.3) is 0 Å². The van der Waals surface area contributed by atoms with Gasteiger partial charge in [0.05, 0.1) is 0 Å². The molecule has 1 fully saturated rings. The van der Waals surface area contributed by atoms with Gasteiger partial charge in [-0.05, 0) is 55.3 Å². The minimum absolute atomic E-state index is 0.121. The SMILES string of the molecule is O=C(Nc1cccc2c1CN(c1ccccn1)C2)C1CCNCC1. The summed E-state index contributed by atoms with van der Waals surface area (Å²) < 4.78 is 0. The summed E-state index contributed by atoms with van der Waals surface area (Å²) in [6.45, 7) is 3.48. The quantitative estimate of drug-likeness (QED) is 0.912. The van der Waals surface area contributed by atoms with Gasteiger partial charge in [0, 0.05) is 30.9 Å². The highest BCUT2D eigenvalue weighted by Crippen LogP contribution is 2.32. The van der Waals surface area contributed by atoms with Crippen LogP contribution in [-0.4, -0.2) is 24.0 Å². The van der Waals surface area contributed by atoms with E-state index in [-0.39, 0.29) is 11.8 Å². The second-order valence-electron chi connectivity index (χ2n) is 6.50. The normalized spacial score (nSPS) is 17.6. The van der Waals surface area contributed by atoms with Gasteiger partial charge in [-0.2, -0.15) is 0 Å².